The van der Waals surface area contributed by atoms with Crippen molar-refractivity contribution in [2.75, 3.05) is 11.5 Å². The monoisotopic (exact) mass is 394 g/mol. The molecule has 0 aliphatic heterocycles. The molecule has 3 atom stereocenters. The molecule has 7 nitrogen and oxygen atoms in total. The molecule has 0 rings (SSSR count). The third-order valence-electron chi connectivity index (χ3n) is 3.19. The molecule has 25 heavy (non-hydrogen) atoms. The Hall–Kier alpha value is -0.770. The number of carboxylic acids is 1. The van der Waals surface area contributed by atoms with E-state index in [1.807, 2.05) is 0 Å². The van der Waals surface area contributed by atoms with Crippen molar-refractivity contribution in [1.82, 2.24) is 0 Å². The minimum atomic E-state index is -1.08. The predicted octanol–water partition coefficient (Wildman–Crippen LogP) is 1.68. The normalized spacial score (nSPS) is 16.0. The van der Waals surface area contributed by atoms with E-state index in [9.17, 15) is 14.4 Å². The number of carbonyl (C=O) groups excluding carboxylic acids is 2. The van der Waals surface area contributed by atoms with Crippen LogP contribution < -0.4 is 11.5 Å². The summed E-state index contributed by atoms with van der Waals surface area (Å²) in [4.78, 5) is 35.3. The molecule has 0 amide bonds. The third-order valence-corrected chi connectivity index (χ3v) is 5.64. The van der Waals surface area contributed by atoms with Gasteiger partial charge >= 0.3 is 11.9 Å². The lowest BCUT2D eigenvalue weighted by atomic mass is 9.85. The first-order valence-electron chi connectivity index (χ1n) is 7.91. The quantitative estimate of drug-likeness (QED) is 0.303. The number of aliphatic carboxylic acids is 1. The summed E-state index contributed by atoms with van der Waals surface area (Å²) in [6.07, 6.45) is -0.794. The molecule has 0 heterocycles. The second-order valence-corrected chi connectivity index (χ2v) is 10.4. The first-order valence-corrected chi connectivity index (χ1v) is 10.4. The molecule has 0 bridgehead atoms. The second kappa shape index (κ2) is 9.80. The SMILES string of the molecule is CC(C)(C)C(=O)OC(CSSCC(N)C(=O)O)C(N)C(=O)C(C)(C)C. The number of esters is 1. The molecule has 0 spiro atoms. The van der Waals surface area contributed by atoms with Crippen LogP contribution in [0.5, 0.6) is 0 Å². The van der Waals surface area contributed by atoms with E-state index < -0.39 is 41.0 Å². The van der Waals surface area contributed by atoms with Crippen LogP contribution in [0, 0.1) is 10.8 Å². The molecule has 0 aliphatic rings. The molecule has 0 aromatic heterocycles. The van der Waals surface area contributed by atoms with Crippen LogP contribution in [0.25, 0.3) is 0 Å². The van der Waals surface area contributed by atoms with Crippen LogP contribution in [0.3, 0.4) is 0 Å². The lowest BCUT2D eigenvalue weighted by Gasteiger charge is -2.30. The number of ketones is 1. The van der Waals surface area contributed by atoms with Gasteiger partial charge in [0.2, 0.25) is 0 Å². The summed E-state index contributed by atoms with van der Waals surface area (Å²) in [7, 11) is 2.52. The molecule has 0 saturated carbocycles. The average molecular weight is 395 g/mol. The van der Waals surface area contributed by atoms with Gasteiger partial charge in [0.1, 0.15) is 18.2 Å². The van der Waals surface area contributed by atoms with Crippen LogP contribution in [0.15, 0.2) is 0 Å². The van der Waals surface area contributed by atoms with E-state index in [0.29, 0.717) is 0 Å². The van der Waals surface area contributed by atoms with E-state index in [1.54, 1.807) is 41.5 Å². The number of nitrogens with two attached hydrogens (primary N) is 2. The Morgan fingerprint density at radius 1 is 0.960 bits per heavy atom. The molecular weight excluding hydrogens is 364 g/mol. The summed E-state index contributed by atoms with van der Waals surface area (Å²) in [5.41, 5.74) is 10.1. The van der Waals surface area contributed by atoms with Crippen LogP contribution >= 0.6 is 21.6 Å². The Labute approximate surface area is 157 Å². The van der Waals surface area contributed by atoms with Crippen molar-refractivity contribution in [3.8, 4) is 0 Å². The number of hydrogen-bond donors (Lipinski definition) is 3. The summed E-state index contributed by atoms with van der Waals surface area (Å²) in [5.74, 6) is -1.26. The third kappa shape index (κ3) is 8.94. The van der Waals surface area contributed by atoms with E-state index in [1.165, 1.54) is 21.6 Å². The number of carbonyl (C=O) groups is 3. The van der Waals surface area contributed by atoms with E-state index >= 15 is 0 Å². The van der Waals surface area contributed by atoms with Gasteiger partial charge < -0.3 is 21.3 Å². The number of carboxylic acid groups (broad SMARTS) is 1. The van der Waals surface area contributed by atoms with Gasteiger partial charge in [0.15, 0.2) is 5.78 Å². The first-order chi connectivity index (χ1) is 11.2. The van der Waals surface area contributed by atoms with Gasteiger partial charge in [-0.15, -0.1) is 0 Å². The van der Waals surface area contributed by atoms with Crippen molar-refractivity contribution < 1.29 is 24.2 Å². The zero-order chi connectivity index (χ0) is 20.0. The summed E-state index contributed by atoms with van der Waals surface area (Å²) in [5, 5.41) is 8.77. The molecular formula is C16H30N2O5S2. The molecule has 0 aromatic rings. The fourth-order valence-electron chi connectivity index (χ4n) is 1.50. The number of ether oxygens (including phenoxy) is 1. The van der Waals surface area contributed by atoms with Crippen molar-refractivity contribution in [3.05, 3.63) is 0 Å². The maximum atomic E-state index is 12.4. The Bertz CT molecular complexity index is 486. The van der Waals surface area contributed by atoms with Crippen LogP contribution in [-0.2, 0) is 19.1 Å². The maximum Gasteiger partial charge on any atom is 0.321 e. The molecule has 0 aliphatic carbocycles. The Kier molecular flexibility index (Phi) is 9.50. The van der Waals surface area contributed by atoms with Crippen LogP contribution in [0.2, 0.25) is 0 Å². The Morgan fingerprint density at radius 3 is 1.84 bits per heavy atom. The smallest absolute Gasteiger partial charge is 0.321 e. The minimum Gasteiger partial charge on any atom is -0.480 e. The average Bonchev–Trinajstić information content (AvgIpc) is 2.46. The fraction of sp³-hybridized carbons (Fsp3) is 0.812. The highest BCUT2D eigenvalue weighted by Gasteiger charge is 2.36. The standard InChI is InChI=1S/C16H30N2O5S2/c1-15(2,3)12(19)11(18)10(23-14(22)16(4,5)6)8-25-24-7-9(17)13(20)21/h9-11H,7-8,17-18H2,1-6H3,(H,20,21). The van der Waals surface area contributed by atoms with E-state index in [-0.39, 0.29) is 17.3 Å². The highest BCUT2D eigenvalue weighted by molar-refractivity contribution is 8.76. The zero-order valence-corrected chi connectivity index (χ0v) is 17.3. The van der Waals surface area contributed by atoms with Crippen molar-refractivity contribution >= 4 is 39.3 Å². The number of rotatable bonds is 9. The summed E-state index contributed by atoms with van der Waals surface area (Å²) in [6, 6.07) is -1.93. The molecule has 0 radical (unpaired) electrons. The predicted molar refractivity (Wildman–Crippen MR) is 102 cm³/mol. The van der Waals surface area contributed by atoms with Crippen molar-refractivity contribution in [3.63, 3.8) is 0 Å². The van der Waals surface area contributed by atoms with Gasteiger partial charge in [0.05, 0.1) is 5.41 Å². The summed E-state index contributed by atoms with van der Waals surface area (Å²) >= 11 is 0. The van der Waals surface area contributed by atoms with Gasteiger partial charge in [-0.2, -0.15) is 0 Å². The Morgan fingerprint density at radius 2 is 1.44 bits per heavy atom. The van der Waals surface area contributed by atoms with E-state index in [4.69, 9.17) is 21.3 Å². The lowest BCUT2D eigenvalue weighted by Crippen LogP contribution is -2.50. The topological polar surface area (TPSA) is 133 Å². The van der Waals surface area contributed by atoms with Gasteiger partial charge in [-0.05, 0) is 20.8 Å². The molecule has 0 saturated heterocycles. The van der Waals surface area contributed by atoms with Crippen molar-refractivity contribution in [2.24, 2.45) is 22.3 Å². The van der Waals surface area contributed by atoms with E-state index in [2.05, 4.69) is 0 Å². The van der Waals surface area contributed by atoms with Crippen molar-refractivity contribution in [2.45, 2.75) is 59.7 Å². The van der Waals surface area contributed by atoms with E-state index in [0.717, 1.165) is 0 Å². The molecule has 3 unspecified atom stereocenters. The number of Topliss-reactive ketones (excluding diaryl/α,β-unsaturated/α-hetero) is 1. The van der Waals surface area contributed by atoms with Crippen molar-refractivity contribution in [1.29, 1.82) is 0 Å². The highest BCUT2D eigenvalue weighted by atomic mass is 33.1. The molecule has 9 heteroatoms. The summed E-state index contributed by atoms with van der Waals surface area (Å²) in [6.45, 7) is 10.4. The molecule has 5 N–H and O–H groups in total. The fourth-order valence-corrected chi connectivity index (χ4v) is 3.81. The van der Waals surface area contributed by atoms with Gasteiger partial charge in [-0.25, -0.2) is 0 Å². The minimum absolute atomic E-state index is 0.197. The maximum absolute atomic E-state index is 12.4. The van der Waals surface area contributed by atoms with Crippen LogP contribution in [-0.4, -0.2) is 52.5 Å². The molecule has 0 fully saturated rings. The molecule has 146 valence electrons. The van der Waals surface area contributed by atoms with Crippen LogP contribution in [0.4, 0.5) is 0 Å². The highest BCUT2D eigenvalue weighted by Crippen LogP contribution is 2.27. The second-order valence-electron chi connectivity index (χ2n) is 7.85. The number of hydrogen-bond acceptors (Lipinski definition) is 8. The van der Waals surface area contributed by atoms with Gasteiger partial charge in [-0.3, -0.25) is 14.4 Å². The first kappa shape index (κ1) is 24.2. The van der Waals surface area contributed by atoms with Gasteiger partial charge in [-0.1, -0.05) is 42.4 Å². The molecule has 0 aromatic carbocycles. The Balaban J connectivity index is 4.93. The summed E-state index contributed by atoms with van der Waals surface area (Å²) < 4.78 is 5.48. The zero-order valence-electron chi connectivity index (χ0n) is 15.7. The van der Waals surface area contributed by atoms with Gasteiger partial charge in [0.25, 0.3) is 0 Å². The largest absolute Gasteiger partial charge is 0.480 e. The van der Waals surface area contributed by atoms with Crippen LogP contribution in [0.1, 0.15) is 41.5 Å². The lowest BCUT2D eigenvalue weighted by molar-refractivity contribution is -0.159. The van der Waals surface area contributed by atoms with Gasteiger partial charge in [0, 0.05) is 16.9 Å².